The first kappa shape index (κ1) is 15.3. The molecule has 0 amide bonds. The van der Waals surface area contributed by atoms with Gasteiger partial charge in [0, 0.05) is 4.47 Å². The minimum Gasteiger partial charge on any atom is -0.278 e. The second kappa shape index (κ2) is 5.71. The van der Waals surface area contributed by atoms with Crippen LogP contribution in [-0.2, 0) is 10.0 Å². The van der Waals surface area contributed by atoms with Crippen LogP contribution in [0.5, 0.6) is 0 Å². The highest BCUT2D eigenvalue weighted by Gasteiger charge is 2.15. The van der Waals surface area contributed by atoms with E-state index < -0.39 is 10.0 Å². The molecule has 0 fully saturated rings. The van der Waals surface area contributed by atoms with Crippen LogP contribution >= 0.6 is 27.5 Å². The first-order chi connectivity index (χ1) is 9.29. The van der Waals surface area contributed by atoms with E-state index in [1.807, 2.05) is 6.92 Å². The molecule has 1 aromatic heterocycles. The topological polar surface area (TPSA) is 59.1 Å². The number of hydrogen-bond acceptors (Lipinski definition) is 3. The number of nitrogens with zero attached hydrogens (tertiary/aromatic N) is 1. The Morgan fingerprint density at radius 3 is 2.50 bits per heavy atom. The first-order valence-corrected chi connectivity index (χ1v) is 8.36. The third-order valence-electron chi connectivity index (χ3n) is 2.71. The smallest absolute Gasteiger partial charge is 0.261 e. The molecular formula is C13H12BrClN2O2S. The van der Waals surface area contributed by atoms with Crippen molar-refractivity contribution < 1.29 is 8.42 Å². The Kier molecular flexibility index (Phi) is 4.36. The van der Waals surface area contributed by atoms with Gasteiger partial charge in [0.05, 0.1) is 16.8 Å². The zero-order valence-corrected chi connectivity index (χ0v) is 14.0. The number of halogens is 2. The van der Waals surface area contributed by atoms with Crippen LogP contribution in [0.2, 0.25) is 5.15 Å². The molecule has 0 unspecified atom stereocenters. The van der Waals surface area contributed by atoms with E-state index in [0.29, 0.717) is 16.4 Å². The Morgan fingerprint density at radius 2 is 1.90 bits per heavy atom. The third-order valence-corrected chi connectivity index (χ3v) is 5.37. The number of benzene rings is 1. The standard InChI is InChI=1S/C13H12BrClN2O2S/c1-8-6-11(3-4-12(8)14)20(18,19)17-10-5-9(2)13(15)16-7-10/h3-7,17H,1-2H3. The Hall–Kier alpha value is -1.11. The monoisotopic (exact) mass is 374 g/mol. The summed E-state index contributed by atoms with van der Waals surface area (Å²) >= 11 is 9.15. The average molecular weight is 376 g/mol. The van der Waals surface area contributed by atoms with Crippen LogP contribution in [0.15, 0.2) is 39.8 Å². The summed E-state index contributed by atoms with van der Waals surface area (Å²) in [4.78, 5) is 4.12. The molecule has 0 bridgehead atoms. The molecule has 0 aliphatic rings. The second-order valence-corrected chi connectivity index (χ2v) is 7.24. The van der Waals surface area contributed by atoms with Crippen molar-refractivity contribution in [1.82, 2.24) is 4.98 Å². The zero-order chi connectivity index (χ0) is 14.9. The molecule has 1 aromatic carbocycles. The SMILES string of the molecule is Cc1cc(S(=O)(=O)Nc2cnc(Cl)c(C)c2)ccc1Br. The van der Waals surface area contributed by atoms with Crippen LogP contribution < -0.4 is 4.72 Å². The van der Waals surface area contributed by atoms with Crippen LogP contribution in [0, 0.1) is 13.8 Å². The van der Waals surface area contributed by atoms with Crippen molar-refractivity contribution in [3.8, 4) is 0 Å². The van der Waals surface area contributed by atoms with Gasteiger partial charge in [-0.25, -0.2) is 13.4 Å². The maximum absolute atomic E-state index is 12.3. The molecular weight excluding hydrogens is 364 g/mol. The number of hydrogen-bond donors (Lipinski definition) is 1. The van der Waals surface area contributed by atoms with E-state index in [2.05, 4.69) is 25.6 Å². The molecule has 2 aromatic rings. The number of nitrogens with one attached hydrogen (secondary N) is 1. The first-order valence-electron chi connectivity index (χ1n) is 5.71. The number of aryl methyl sites for hydroxylation is 2. The van der Waals surface area contributed by atoms with Crippen LogP contribution in [-0.4, -0.2) is 13.4 Å². The molecule has 20 heavy (non-hydrogen) atoms. The lowest BCUT2D eigenvalue weighted by molar-refractivity contribution is 0.601. The lowest BCUT2D eigenvalue weighted by Gasteiger charge is -2.10. The molecule has 0 spiro atoms. The van der Waals surface area contributed by atoms with Crippen LogP contribution in [0.4, 0.5) is 5.69 Å². The molecule has 0 aliphatic heterocycles. The summed E-state index contributed by atoms with van der Waals surface area (Å²) in [5.74, 6) is 0. The van der Waals surface area contributed by atoms with Gasteiger partial charge in [0.15, 0.2) is 0 Å². The van der Waals surface area contributed by atoms with Crippen molar-refractivity contribution in [2.45, 2.75) is 18.7 Å². The van der Waals surface area contributed by atoms with Crippen molar-refractivity contribution in [2.24, 2.45) is 0 Å². The van der Waals surface area contributed by atoms with Gasteiger partial charge in [0.1, 0.15) is 5.15 Å². The Balaban J connectivity index is 2.35. The molecule has 2 rings (SSSR count). The molecule has 0 saturated carbocycles. The minimum absolute atomic E-state index is 0.200. The van der Waals surface area contributed by atoms with E-state index >= 15 is 0 Å². The molecule has 4 nitrogen and oxygen atoms in total. The van der Waals surface area contributed by atoms with Gasteiger partial charge in [0.2, 0.25) is 0 Å². The predicted molar refractivity (Wildman–Crippen MR) is 83.7 cm³/mol. The molecule has 0 aliphatic carbocycles. The Labute approximate surface area is 131 Å². The summed E-state index contributed by atoms with van der Waals surface area (Å²) in [5, 5.41) is 0.354. The highest BCUT2D eigenvalue weighted by atomic mass is 79.9. The number of anilines is 1. The summed E-state index contributed by atoms with van der Waals surface area (Å²) in [5.41, 5.74) is 1.93. The van der Waals surface area contributed by atoms with Gasteiger partial charge >= 0.3 is 0 Å². The zero-order valence-electron chi connectivity index (χ0n) is 10.8. The lowest BCUT2D eigenvalue weighted by atomic mass is 10.2. The van der Waals surface area contributed by atoms with Crippen molar-refractivity contribution in [3.63, 3.8) is 0 Å². The van der Waals surface area contributed by atoms with Crippen molar-refractivity contribution in [2.75, 3.05) is 4.72 Å². The maximum Gasteiger partial charge on any atom is 0.261 e. The molecule has 0 saturated heterocycles. The van der Waals surface area contributed by atoms with E-state index in [0.717, 1.165) is 10.0 Å². The van der Waals surface area contributed by atoms with Gasteiger partial charge in [-0.3, -0.25) is 4.72 Å². The Bertz CT molecular complexity index is 763. The van der Waals surface area contributed by atoms with E-state index in [4.69, 9.17) is 11.6 Å². The van der Waals surface area contributed by atoms with Gasteiger partial charge in [-0.15, -0.1) is 0 Å². The summed E-state index contributed by atoms with van der Waals surface area (Å²) in [6, 6.07) is 6.48. The van der Waals surface area contributed by atoms with Crippen LogP contribution in [0.3, 0.4) is 0 Å². The van der Waals surface area contributed by atoms with Crippen molar-refractivity contribution in [1.29, 1.82) is 0 Å². The molecule has 1 N–H and O–H groups in total. The quantitative estimate of drug-likeness (QED) is 0.827. The number of sulfonamides is 1. The van der Waals surface area contributed by atoms with Gasteiger partial charge < -0.3 is 0 Å². The average Bonchev–Trinajstić information content (AvgIpc) is 2.37. The van der Waals surface area contributed by atoms with Crippen LogP contribution in [0.1, 0.15) is 11.1 Å². The number of rotatable bonds is 3. The largest absolute Gasteiger partial charge is 0.278 e. The number of pyridine rings is 1. The van der Waals surface area contributed by atoms with Gasteiger partial charge in [-0.2, -0.15) is 0 Å². The molecule has 7 heteroatoms. The van der Waals surface area contributed by atoms with Crippen molar-refractivity contribution >= 4 is 43.2 Å². The van der Waals surface area contributed by atoms with E-state index in [1.54, 1.807) is 25.1 Å². The fourth-order valence-electron chi connectivity index (χ4n) is 1.61. The normalized spacial score (nSPS) is 11.4. The van der Waals surface area contributed by atoms with E-state index in [-0.39, 0.29) is 4.90 Å². The van der Waals surface area contributed by atoms with Gasteiger partial charge in [-0.1, -0.05) is 27.5 Å². The van der Waals surface area contributed by atoms with Crippen LogP contribution in [0.25, 0.3) is 0 Å². The van der Waals surface area contributed by atoms with Gasteiger partial charge in [0.25, 0.3) is 10.0 Å². The third kappa shape index (κ3) is 3.31. The summed E-state index contributed by atoms with van der Waals surface area (Å²) < 4.78 is 27.9. The minimum atomic E-state index is -3.64. The second-order valence-electron chi connectivity index (χ2n) is 4.35. The van der Waals surface area contributed by atoms with Crippen molar-refractivity contribution in [3.05, 3.63) is 51.2 Å². The fraction of sp³-hybridized carbons (Fsp3) is 0.154. The maximum atomic E-state index is 12.3. The molecule has 0 radical (unpaired) electrons. The fourth-order valence-corrected chi connectivity index (χ4v) is 3.08. The highest BCUT2D eigenvalue weighted by Crippen LogP contribution is 2.23. The Morgan fingerprint density at radius 1 is 1.20 bits per heavy atom. The molecule has 0 atom stereocenters. The summed E-state index contributed by atoms with van der Waals surface area (Å²) in [6.07, 6.45) is 1.39. The van der Waals surface area contributed by atoms with Gasteiger partial charge in [-0.05, 0) is 49.2 Å². The predicted octanol–water partition coefficient (Wildman–Crippen LogP) is 3.92. The molecule has 106 valence electrons. The number of aromatic nitrogens is 1. The summed E-state index contributed by atoms with van der Waals surface area (Å²) in [7, 11) is -3.64. The molecule has 1 heterocycles. The van der Waals surface area contributed by atoms with E-state index in [9.17, 15) is 8.42 Å². The highest BCUT2D eigenvalue weighted by molar-refractivity contribution is 9.10. The lowest BCUT2D eigenvalue weighted by Crippen LogP contribution is -2.13. The van der Waals surface area contributed by atoms with E-state index in [1.165, 1.54) is 12.3 Å². The summed E-state index contributed by atoms with van der Waals surface area (Å²) in [6.45, 7) is 3.59.